The maximum Gasteiger partial charge on any atom is 0.250 e. The molecule has 130 valence electrons. The SMILES string of the molecule is COc1ccc([C@H](NS(=O)(=O)c2ccc(C)s2)C2CC(O)C2)cn1. The van der Waals surface area contributed by atoms with E-state index < -0.39 is 16.1 Å². The van der Waals surface area contributed by atoms with Gasteiger partial charge in [-0.2, -0.15) is 0 Å². The van der Waals surface area contributed by atoms with Crippen molar-refractivity contribution in [2.45, 2.75) is 36.1 Å². The van der Waals surface area contributed by atoms with E-state index in [2.05, 4.69) is 9.71 Å². The summed E-state index contributed by atoms with van der Waals surface area (Å²) in [7, 11) is -2.08. The van der Waals surface area contributed by atoms with Crippen molar-refractivity contribution in [3.63, 3.8) is 0 Å². The van der Waals surface area contributed by atoms with Gasteiger partial charge in [0.2, 0.25) is 5.88 Å². The van der Waals surface area contributed by atoms with Crippen molar-refractivity contribution in [2.75, 3.05) is 7.11 Å². The Morgan fingerprint density at radius 3 is 2.58 bits per heavy atom. The number of hydrogen-bond acceptors (Lipinski definition) is 6. The van der Waals surface area contributed by atoms with Gasteiger partial charge < -0.3 is 9.84 Å². The number of aliphatic hydroxyl groups is 1. The molecule has 0 bridgehead atoms. The van der Waals surface area contributed by atoms with Crippen molar-refractivity contribution in [3.8, 4) is 5.88 Å². The molecule has 0 radical (unpaired) electrons. The van der Waals surface area contributed by atoms with Crippen LogP contribution in [0.3, 0.4) is 0 Å². The van der Waals surface area contributed by atoms with E-state index in [1.165, 1.54) is 18.4 Å². The highest BCUT2D eigenvalue weighted by Gasteiger charge is 2.37. The van der Waals surface area contributed by atoms with Crippen LogP contribution in [-0.2, 0) is 10.0 Å². The van der Waals surface area contributed by atoms with E-state index in [9.17, 15) is 13.5 Å². The molecule has 2 aromatic rings. The molecule has 8 heteroatoms. The molecule has 1 saturated carbocycles. The molecule has 2 heterocycles. The summed E-state index contributed by atoms with van der Waals surface area (Å²) in [5, 5.41) is 9.60. The Labute approximate surface area is 145 Å². The minimum absolute atomic E-state index is 0.0472. The average molecular weight is 368 g/mol. The lowest BCUT2D eigenvalue weighted by Gasteiger charge is -2.37. The standard InChI is InChI=1S/C16H20N2O4S2/c1-10-3-6-15(23-10)24(20,21)18-16(12-7-13(19)8-12)11-4-5-14(22-2)17-9-11/h3-6,9,12-13,16,18-19H,7-8H2,1-2H3/t12?,13?,16-/m0/s1. The Morgan fingerprint density at radius 2 is 2.08 bits per heavy atom. The zero-order valence-electron chi connectivity index (χ0n) is 13.5. The monoisotopic (exact) mass is 368 g/mol. The molecule has 0 amide bonds. The number of nitrogens with zero attached hydrogens (tertiary/aromatic N) is 1. The molecule has 2 aromatic heterocycles. The molecule has 1 fully saturated rings. The molecule has 1 aliphatic carbocycles. The molecule has 1 atom stereocenters. The highest BCUT2D eigenvalue weighted by Crippen LogP contribution is 2.39. The van der Waals surface area contributed by atoms with Crippen LogP contribution in [0.25, 0.3) is 0 Å². The lowest BCUT2D eigenvalue weighted by molar-refractivity contribution is 0.0279. The maximum absolute atomic E-state index is 12.7. The number of aryl methyl sites for hydroxylation is 1. The van der Waals surface area contributed by atoms with Crippen LogP contribution >= 0.6 is 11.3 Å². The zero-order valence-corrected chi connectivity index (χ0v) is 15.1. The van der Waals surface area contributed by atoms with Crippen LogP contribution < -0.4 is 9.46 Å². The molecule has 3 rings (SSSR count). The van der Waals surface area contributed by atoms with Gasteiger partial charge in [-0.25, -0.2) is 18.1 Å². The molecule has 2 N–H and O–H groups in total. The number of methoxy groups -OCH3 is 1. The fourth-order valence-electron chi connectivity index (χ4n) is 2.82. The Hall–Kier alpha value is -1.48. The van der Waals surface area contributed by atoms with Gasteiger partial charge in [-0.05, 0) is 43.4 Å². The summed E-state index contributed by atoms with van der Waals surface area (Å²) < 4.78 is 33.5. The third-order valence-electron chi connectivity index (χ3n) is 4.21. The van der Waals surface area contributed by atoms with E-state index in [1.807, 2.05) is 13.0 Å². The summed E-state index contributed by atoms with van der Waals surface area (Å²) in [4.78, 5) is 5.11. The number of aliphatic hydroxyl groups excluding tert-OH is 1. The van der Waals surface area contributed by atoms with E-state index in [-0.39, 0.29) is 12.0 Å². The first kappa shape index (κ1) is 17.3. The van der Waals surface area contributed by atoms with Crippen LogP contribution in [0.2, 0.25) is 0 Å². The number of ether oxygens (including phenoxy) is 1. The van der Waals surface area contributed by atoms with Crippen LogP contribution in [-0.4, -0.2) is 31.7 Å². The molecule has 0 aliphatic heterocycles. The van der Waals surface area contributed by atoms with Gasteiger partial charge in [0, 0.05) is 17.1 Å². The Kier molecular flexibility index (Phi) is 4.91. The summed E-state index contributed by atoms with van der Waals surface area (Å²) in [5.41, 5.74) is 0.768. The first-order valence-corrected chi connectivity index (χ1v) is 9.96. The molecule has 24 heavy (non-hydrogen) atoms. The van der Waals surface area contributed by atoms with Crippen molar-refractivity contribution < 1.29 is 18.3 Å². The van der Waals surface area contributed by atoms with Gasteiger partial charge in [-0.1, -0.05) is 6.07 Å². The highest BCUT2D eigenvalue weighted by molar-refractivity contribution is 7.91. The second-order valence-electron chi connectivity index (χ2n) is 5.98. The molecular weight excluding hydrogens is 348 g/mol. The first-order valence-electron chi connectivity index (χ1n) is 7.66. The van der Waals surface area contributed by atoms with E-state index in [4.69, 9.17) is 4.74 Å². The van der Waals surface area contributed by atoms with Crippen molar-refractivity contribution in [2.24, 2.45) is 5.92 Å². The van der Waals surface area contributed by atoms with Gasteiger partial charge in [0.1, 0.15) is 4.21 Å². The third-order valence-corrected chi connectivity index (χ3v) is 7.14. The smallest absolute Gasteiger partial charge is 0.250 e. The van der Waals surface area contributed by atoms with Crippen molar-refractivity contribution >= 4 is 21.4 Å². The molecule has 1 aliphatic rings. The largest absolute Gasteiger partial charge is 0.481 e. The molecular formula is C16H20N2O4S2. The normalized spacial score (nSPS) is 22.0. The number of thiophene rings is 1. The number of hydrogen-bond donors (Lipinski definition) is 2. The number of rotatable bonds is 6. The predicted octanol–water partition coefficient (Wildman–Crippen LogP) is 2.25. The summed E-state index contributed by atoms with van der Waals surface area (Å²) >= 11 is 1.24. The van der Waals surface area contributed by atoms with Gasteiger partial charge in [0.15, 0.2) is 0 Å². The number of nitrogens with one attached hydrogen (secondary N) is 1. The molecule has 0 saturated heterocycles. The van der Waals surface area contributed by atoms with E-state index in [1.54, 1.807) is 24.4 Å². The van der Waals surface area contributed by atoms with Crippen molar-refractivity contribution in [3.05, 3.63) is 40.9 Å². The quantitative estimate of drug-likeness (QED) is 0.816. The molecule has 0 aromatic carbocycles. The van der Waals surface area contributed by atoms with Gasteiger partial charge in [0.25, 0.3) is 10.0 Å². The van der Waals surface area contributed by atoms with E-state index >= 15 is 0 Å². The van der Waals surface area contributed by atoms with Gasteiger partial charge in [0.05, 0.1) is 19.3 Å². The van der Waals surface area contributed by atoms with Crippen LogP contribution in [0.5, 0.6) is 5.88 Å². The summed E-state index contributed by atoms with van der Waals surface area (Å²) in [6, 6.07) is 6.50. The second kappa shape index (κ2) is 6.79. The first-order chi connectivity index (χ1) is 11.4. The summed E-state index contributed by atoms with van der Waals surface area (Å²) in [6.07, 6.45) is 2.40. The number of aromatic nitrogens is 1. The van der Waals surface area contributed by atoms with Gasteiger partial charge >= 0.3 is 0 Å². The Balaban J connectivity index is 1.87. The lowest BCUT2D eigenvalue weighted by Crippen LogP contribution is -2.41. The average Bonchev–Trinajstić information content (AvgIpc) is 2.97. The van der Waals surface area contributed by atoms with Crippen LogP contribution in [0.1, 0.15) is 29.3 Å². The summed E-state index contributed by atoms with van der Waals surface area (Å²) in [5.74, 6) is 0.522. The van der Waals surface area contributed by atoms with Crippen molar-refractivity contribution in [1.29, 1.82) is 0 Å². The minimum atomic E-state index is -3.61. The maximum atomic E-state index is 12.7. The Bertz CT molecular complexity index is 796. The minimum Gasteiger partial charge on any atom is -0.481 e. The molecule has 0 unspecified atom stereocenters. The molecule has 0 spiro atoms. The van der Waals surface area contributed by atoms with Gasteiger partial charge in [-0.3, -0.25) is 0 Å². The lowest BCUT2D eigenvalue weighted by atomic mass is 9.76. The third kappa shape index (κ3) is 3.61. The number of sulfonamides is 1. The van der Waals surface area contributed by atoms with Crippen molar-refractivity contribution in [1.82, 2.24) is 9.71 Å². The zero-order chi connectivity index (χ0) is 17.3. The summed E-state index contributed by atoms with van der Waals surface area (Å²) in [6.45, 7) is 1.87. The Morgan fingerprint density at radius 1 is 1.33 bits per heavy atom. The van der Waals surface area contributed by atoms with Crippen LogP contribution in [0, 0.1) is 12.8 Å². The van der Waals surface area contributed by atoms with Gasteiger partial charge in [-0.15, -0.1) is 11.3 Å². The highest BCUT2D eigenvalue weighted by atomic mass is 32.2. The fraction of sp³-hybridized carbons (Fsp3) is 0.438. The number of pyridine rings is 1. The predicted molar refractivity (Wildman–Crippen MR) is 91.6 cm³/mol. The fourth-order valence-corrected chi connectivity index (χ4v) is 5.41. The van der Waals surface area contributed by atoms with Crippen LogP contribution in [0.4, 0.5) is 0 Å². The molecule has 6 nitrogen and oxygen atoms in total. The topological polar surface area (TPSA) is 88.5 Å². The van der Waals surface area contributed by atoms with E-state index in [0.29, 0.717) is 22.9 Å². The van der Waals surface area contributed by atoms with E-state index in [0.717, 1.165) is 10.4 Å². The second-order valence-corrected chi connectivity index (χ2v) is 9.21. The van der Waals surface area contributed by atoms with Crippen LogP contribution in [0.15, 0.2) is 34.7 Å².